The first kappa shape index (κ1) is 15.3. The smallest absolute Gasteiger partial charge is 0.128 e. The molecule has 3 nitrogen and oxygen atoms in total. The summed E-state index contributed by atoms with van der Waals surface area (Å²) in [5, 5.41) is 3.50. The van der Waals surface area contributed by atoms with E-state index in [-0.39, 0.29) is 5.54 Å². The van der Waals surface area contributed by atoms with Crippen LogP contribution in [0.15, 0.2) is 18.3 Å². The SMILES string of the molecule is CC1CCCCCN1c1ccc(CNC(C)(C)C)cn1. The molecule has 0 radical (unpaired) electrons. The highest BCUT2D eigenvalue weighted by molar-refractivity contribution is 5.40. The minimum atomic E-state index is 0.151. The van der Waals surface area contributed by atoms with Crippen LogP contribution in [0.4, 0.5) is 5.82 Å². The van der Waals surface area contributed by atoms with Crippen molar-refractivity contribution in [3.8, 4) is 0 Å². The summed E-state index contributed by atoms with van der Waals surface area (Å²) in [5.74, 6) is 1.14. The standard InChI is InChI=1S/C17H29N3/c1-14-8-6-5-7-11-20(14)16-10-9-15(12-18-16)13-19-17(2,3)4/h9-10,12,14,19H,5-8,11,13H2,1-4H3. The van der Waals surface area contributed by atoms with E-state index in [1.807, 2.05) is 6.20 Å². The number of rotatable bonds is 3. The Morgan fingerprint density at radius 3 is 2.70 bits per heavy atom. The number of aromatic nitrogens is 1. The maximum absolute atomic E-state index is 4.68. The van der Waals surface area contributed by atoms with Crippen molar-refractivity contribution in [1.29, 1.82) is 0 Å². The third-order valence-corrected chi connectivity index (χ3v) is 3.98. The lowest BCUT2D eigenvalue weighted by molar-refractivity contribution is 0.424. The summed E-state index contributed by atoms with van der Waals surface area (Å²) in [5.41, 5.74) is 1.41. The summed E-state index contributed by atoms with van der Waals surface area (Å²) in [6, 6.07) is 5.00. The summed E-state index contributed by atoms with van der Waals surface area (Å²) >= 11 is 0. The van der Waals surface area contributed by atoms with E-state index in [0.717, 1.165) is 18.9 Å². The van der Waals surface area contributed by atoms with E-state index in [1.54, 1.807) is 0 Å². The molecule has 0 saturated carbocycles. The van der Waals surface area contributed by atoms with Gasteiger partial charge in [0.15, 0.2) is 0 Å². The Bertz CT molecular complexity index is 405. The van der Waals surface area contributed by atoms with E-state index in [0.29, 0.717) is 6.04 Å². The van der Waals surface area contributed by atoms with Crippen molar-refractivity contribution in [2.24, 2.45) is 0 Å². The van der Waals surface area contributed by atoms with Gasteiger partial charge in [0.1, 0.15) is 5.82 Å². The molecule has 1 atom stereocenters. The zero-order valence-corrected chi connectivity index (χ0v) is 13.4. The van der Waals surface area contributed by atoms with Crippen LogP contribution in [0.3, 0.4) is 0 Å². The van der Waals surface area contributed by atoms with Gasteiger partial charge in [-0.25, -0.2) is 4.98 Å². The van der Waals surface area contributed by atoms with E-state index in [9.17, 15) is 0 Å². The normalized spacial score (nSPS) is 20.8. The fraction of sp³-hybridized carbons (Fsp3) is 0.706. The van der Waals surface area contributed by atoms with Gasteiger partial charge in [-0.15, -0.1) is 0 Å². The molecule has 2 rings (SSSR count). The molecular weight excluding hydrogens is 246 g/mol. The zero-order chi connectivity index (χ0) is 14.6. The van der Waals surface area contributed by atoms with Gasteiger partial charge in [0, 0.05) is 30.9 Å². The van der Waals surface area contributed by atoms with Crippen molar-refractivity contribution in [3.63, 3.8) is 0 Å². The van der Waals surface area contributed by atoms with Gasteiger partial charge >= 0.3 is 0 Å². The van der Waals surface area contributed by atoms with Crippen LogP contribution < -0.4 is 10.2 Å². The number of hydrogen-bond donors (Lipinski definition) is 1. The van der Waals surface area contributed by atoms with Crippen LogP contribution in [0.5, 0.6) is 0 Å². The second-order valence-corrected chi connectivity index (χ2v) is 7.02. The molecule has 1 saturated heterocycles. The van der Waals surface area contributed by atoms with Crippen LogP contribution in [0.1, 0.15) is 58.9 Å². The van der Waals surface area contributed by atoms with Gasteiger partial charge in [0.2, 0.25) is 0 Å². The molecule has 1 unspecified atom stereocenters. The molecule has 3 heteroatoms. The first-order valence-corrected chi connectivity index (χ1v) is 7.92. The van der Waals surface area contributed by atoms with E-state index in [2.05, 4.69) is 55.0 Å². The molecule has 1 fully saturated rings. The maximum atomic E-state index is 4.68. The Labute approximate surface area is 123 Å². The van der Waals surface area contributed by atoms with Gasteiger partial charge in [-0.3, -0.25) is 0 Å². The van der Waals surface area contributed by atoms with Crippen LogP contribution in [-0.4, -0.2) is 23.1 Å². The number of nitrogens with zero attached hydrogens (tertiary/aromatic N) is 2. The molecular formula is C17H29N3. The summed E-state index contributed by atoms with van der Waals surface area (Å²) in [4.78, 5) is 7.15. The Kier molecular flexibility index (Phi) is 5.03. The monoisotopic (exact) mass is 275 g/mol. The third kappa shape index (κ3) is 4.48. The molecule has 1 aromatic rings. The van der Waals surface area contributed by atoms with Gasteiger partial charge < -0.3 is 10.2 Å². The largest absolute Gasteiger partial charge is 0.354 e. The lowest BCUT2D eigenvalue weighted by Gasteiger charge is -2.28. The molecule has 0 aliphatic carbocycles. The molecule has 112 valence electrons. The van der Waals surface area contributed by atoms with Gasteiger partial charge in [-0.1, -0.05) is 18.9 Å². The predicted molar refractivity (Wildman–Crippen MR) is 86.1 cm³/mol. The molecule has 0 aromatic carbocycles. The van der Waals surface area contributed by atoms with Gasteiger partial charge in [-0.05, 0) is 52.2 Å². The highest BCUT2D eigenvalue weighted by Crippen LogP contribution is 2.22. The van der Waals surface area contributed by atoms with Crippen molar-refractivity contribution < 1.29 is 0 Å². The summed E-state index contributed by atoms with van der Waals surface area (Å²) < 4.78 is 0. The average Bonchev–Trinajstić information content (AvgIpc) is 2.61. The lowest BCUT2D eigenvalue weighted by atomic mass is 10.1. The Balaban J connectivity index is 2.00. The van der Waals surface area contributed by atoms with Crippen LogP contribution in [0.25, 0.3) is 0 Å². The molecule has 0 amide bonds. The summed E-state index contributed by atoms with van der Waals surface area (Å²) in [7, 11) is 0. The quantitative estimate of drug-likeness (QED) is 0.911. The molecule has 1 N–H and O–H groups in total. The molecule has 1 aromatic heterocycles. The number of nitrogens with one attached hydrogen (secondary N) is 1. The van der Waals surface area contributed by atoms with Crippen LogP contribution in [0.2, 0.25) is 0 Å². The Morgan fingerprint density at radius 1 is 1.25 bits per heavy atom. The topological polar surface area (TPSA) is 28.2 Å². The highest BCUT2D eigenvalue weighted by Gasteiger charge is 2.18. The van der Waals surface area contributed by atoms with Crippen molar-refractivity contribution in [2.75, 3.05) is 11.4 Å². The highest BCUT2D eigenvalue weighted by atomic mass is 15.2. The second kappa shape index (κ2) is 6.57. The van der Waals surface area contributed by atoms with Crippen LogP contribution in [0, 0.1) is 0 Å². The van der Waals surface area contributed by atoms with E-state index in [4.69, 9.17) is 0 Å². The predicted octanol–water partition coefficient (Wildman–Crippen LogP) is 3.74. The van der Waals surface area contributed by atoms with E-state index in [1.165, 1.54) is 31.2 Å². The average molecular weight is 275 g/mol. The summed E-state index contributed by atoms with van der Waals surface area (Å²) in [6.07, 6.45) is 7.31. The molecule has 0 spiro atoms. The van der Waals surface area contributed by atoms with Crippen LogP contribution >= 0.6 is 0 Å². The lowest BCUT2D eigenvalue weighted by Crippen LogP contribution is -2.35. The maximum Gasteiger partial charge on any atom is 0.128 e. The minimum Gasteiger partial charge on any atom is -0.354 e. The molecule has 2 heterocycles. The van der Waals surface area contributed by atoms with E-state index >= 15 is 0 Å². The van der Waals surface area contributed by atoms with Crippen LogP contribution in [-0.2, 0) is 6.54 Å². The van der Waals surface area contributed by atoms with Gasteiger partial charge in [0.25, 0.3) is 0 Å². The van der Waals surface area contributed by atoms with Crippen molar-refractivity contribution in [1.82, 2.24) is 10.3 Å². The van der Waals surface area contributed by atoms with Gasteiger partial charge in [-0.2, -0.15) is 0 Å². The minimum absolute atomic E-state index is 0.151. The van der Waals surface area contributed by atoms with E-state index < -0.39 is 0 Å². The number of hydrogen-bond acceptors (Lipinski definition) is 3. The number of pyridine rings is 1. The van der Waals surface area contributed by atoms with Crippen molar-refractivity contribution in [2.45, 2.75) is 71.5 Å². The molecule has 1 aliphatic heterocycles. The second-order valence-electron chi connectivity index (χ2n) is 7.02. The molecule has 20 heavy (non-hydrogen) atoms. The Hall–Kier alpha value is -1.09. The Morgan fingerprint density at radius 2 is 2.05 bits per heavy atom. The zero-order valence-electron chi connectivity index (χ0n) is 13.4. The van der Waals surface area contributed by atoms with Crippen molar-refractivity contribution in [3.05, 3.63) is 23.9 Å². The number of anilines is 1. The molecule has 1 aliphatic rings. The third-order valence-electron chi connectivity index (χ3n) is 3.98. The summed E-state index contributed by atoms with van der Waals surface area (Å²) in [6.45, 7) is 10.9. The fourth-order valence-electron chi connectivity index (χ4n) is 2.67. The fourth-order valence-corrected chi connectivity index (χ4v) is 2.67. The van der Waals surface area contributed by atoms with Crippen molar-refractivity contribution >= 4 is 5.82 Å². The first-order valence-electron chi connectivity index (χ1n) is 7.92. The molecule has 0 bridgehead atoms. The van der Waals surface area contributed by atoms with Gasteiger partial charge in [0.05, 0.1) is 0 Å². The first-order chi connectivity index (χ1) is 9.46.